The number of hydrogen-bond acceptors (Lipinski definition) is 6. The number of benzene rings is 2. The molecule has 4 rings (SSSR count). The van der Waals surface area contributed by atoms with E-state index in [-0.39, 0.29) is 5.91 Å². The molecular formula is C21H19N3O4. The average Bonchev–Trinajstić information content (AvgIpc) is 2.75. The van der Waals surface area contributed by atoms with Crippen molar-refractivity contribution in [2.45, 2.75) is 0 Å². The number of pyridine rings is 1. The first kappa shape index (κ1) is 17.7. The Morgan fingerprint density at radius 3 is 2.57 bits per heavy atom. The highest BCUT2D eigenvalue weighted by Gasteiger charge is 2.13. The predicted octanol–water partition coefficient (Wildman–Crippen LogP) is 3.86. The van der Waals surface area contributed by atoms with Crippen molar-refractivity contribution in [3.8, 4) is 17.2 Å². The number of carbonyl (C=O) groups is 1. The van der Waals surface area contributed by atoms with E-state index in [4.69, 9.17) is 14.2 Å². The van der Waals surface area contributed by atoms with Gasteiger partial charge in [-0.15, -0.1) is 0 Å². The molecule has 28 heavy (non-hydrogen) atoms. The molecule has 0 saturated carbocycles. The molecule has 0 spiro atoms. The van der Waals surface area contributed by atoms with Crippen LogP contribution in [0.4, 0.5) is 17.2 Å². The van der Waals surface area contributed by atoms with Crippen LogP contribution >= 0.6 is 0 Å². The van der Waals surface area contributed by atoms with E-state index in [9.17, 15) is 4.79 Å². The summed E-state index contributed by atoms with van der Waals surface area (Å²) in [6.07, 6.45) is 1.59. The Hall–Kier alpha value is -3.74. The zero-order chi connectivity index (χ0) is 19.3. The molecule has 142 valence electrons. The van der Waals surface area contributed by atoms with Crippen LogP contribution in [0.1, 0.15) is 10.4 Å². The van der Waals surface area contributed by atoms with Gasteiger partial charge in [0, 0.05) is 11.8 Å². The molecule has 7 heteroatoms. The van der Waals surface area contributed by atoms with Crippen LogP contribution in [-0.2, 0) is 0 Å². The molecule has 0 fully saturated rings. The van der Waals surface area contributed by atoms with E-state index in [2.05, 4.69) is 15.6 Å². The van der Waals surface area contributed by atoms with E-state index in [1.54, 1.807) is 36.5 Å². The van der Waals surface area contributed by atoms with Crippen LogP contribution in [0, 0.1) is 0 Å². The van der Waals surface area contributed by atoms with Gasteiger partial charge >= 0.3 is 0 Å². The summed E-state index contributed by atoms with van der Waals surface area (Å²) in [6, 6.07) is 16.2. The molecule has 1 amide bonds. The lowest BCUT2D eigenvalue weighted by molar-refractivity contribution is 0.102. The summed E-state index contributed by atoms with van der Waals surface area (Å²) in [5.41, 5.74) is 1.88. The number of ether oxygens (including phenoxy) is 3. The van der Waals surface area contributed by atoms with Crippen LogP contribution in [-0.4, -0.2) is 31.2 Å². The molecule has 0 radical (unpaired) electrons. The normalized spacial score (nSPS) is 12.2. The smallest absolute Gasteiger partial charge is 0.259 e. The number of carbonyl (C=O) groups excluding carboxylic acids is 1. The average molecular weight is 377 g/mol. The lowest BCUT2D eigenvalue weighted by atomic mass is 10.2. The maximum atomic E-state index is 12.4. The molecule has 1 aromatic heterocycles. The Bertz CT molecular complexity index is 989. The Kier molecular flexibility index (Phi) is 4.97. The molecule has 0 atom stereocenters. The minimum atomic E-state index is -0.258. The number of amides is 1. The molecule has 3 aromatic rings. The first-order chi connectivity index (χ1) is 13.7. The predicted molar refractivity (Wildman–Crippen MR) is 106 cm³/mol. The molecule has 0 bridgehead atoms. The number of nitrogens with zero attached hydrogens (tertiary/aromatic N) is 1. The van der Waals surface area contributed by atoms with Gasteiger partial charge in [0.25, 0.3) is 5.91 Å². The van der Waals surface area contributed by atoms with Crippen molar-refractivity contribution in [2.75, 3.05) is 31.0 Å². The zero-order valence-corrected chi connectivity index (χ0v) is 15.3. The standard InChI is InChI=1S/C21H19N3O4/c1-26-17-5-3-2-4-16(17)21(25)24-15-7-9-20(22-13-15)23-14-6-8-18-19(12-14)28-11-10-27-18/h2-9,12-13H,10-11H2,1H3,(H,22,23)(H,24,25). The zero-order valence-electron chi connectivity index (χ0n) is 15.3. The Morgan fingerprint density at radius 1 is 1.00 bits per heavy atom. The van der Waals surface area contributed by atoms with Gasteiger partial charge < -0.3 is 24.8 Å². The number of fused-ring (bicyclic) bond motifs is 1. The van der Waals surface area contributed by atoms with E-state index in [1.807, 2.05) is 24.3 Å². The summed E-state index contributed by atoms with van der Waals surface area (Å²) in [4.78, 5) is 16.8. The molecule has 2 aromatic carbocycles. The molecule has 0 aliphatic carbocycles. The number of nitrogens with one attached hydrogen (secondary N) is 2. The summed E-state index contributed by atoms with van der Waals surface area (Å²) in [7, 11) is 1.53. The van der Waals surface area contributed by atoms with Crippen LogP contribution in [0.2, 0.25) is 0 Å². The van der Waals surface area contributed by atoms with Gasteiger partial charge in [-0.1, -0.05) is 12.1 Å². The van der Waals surface area contributed by atoms with Crippen molar-refractivity contribution in [1.29, 1.82) is 0 Å². The fourth-order valence-corrected chi connectivity index (χ4v) is 2.84. The second kappa shape index (κ2) is 7.87. The van der Waals surface area contributed by atoms with Crippen LogP contribution in [0.25, 0.3) is 0 Å². The SMILES string of the molecule is COc1ccccc1C(=O)Nc1ccc(Nc2ccc3c(c2)OCCO3)nc1. The highest BCUT2D eigenvalue weighted by atomic mass is 16.6. The monoisotopic (exact) mass is 377 g/mol. The number of para-hydroxylation sites is 1. The molecule has 2 N–H and O–H groups in total. The number of aromatic nitrogens is 1. The third-order valence-corrected chi connectivity index (χ3v) is 4.19. The van der Waals surface area contributed by atoms with Gasteiger partial charge in [0.05, 0.1) is 24.6 Å². The fraction of sp³-hybridized carbons (Fsp3) is 0.143. The summed E-state index contributed by atoms with van der Waals surface area (Å²) in [5.74, 6) is 2.35. The maximum Gasteiger partial charge on any atom is 0.259 e. The number of hydrogen-bond donors (Lipinski definition) is 2. The first-order valence-corrected chi connectivity index (χ1v) is 8.80. The van der Waals surface area contributed by atoms with Crippen LogP contribution in [0.5, 0.6) is 17.2 Å². The highest BCUT2D eigenvalue weighted by Crippen LogP contribution is 2.33. The van der Waals surface area contributed by atoms with Crippen molar-refractivity contribution < 1.29 is 19.0 Å². The lowest BCUT2D eigenvalue weighted by Gasteiger charge is -2.19. The van der Waals surface area contributed by atoms with Gasteiger partial charge in [0.2, 0.25) is 0 Å². The van der Waals surface area contributed by atoms with Gasteiger partial charge in [-0.3, -0.25) is 4.79 Å². The molecule has 2 heterocycles. The molecule has 7 nitrogen and oxygen atoms in total. The van der Waals surface area contributed by atoms with Gasteiger partial charge in [0.1, 0.15) is 24.8 Å². The third kappa shape index (κ3) is 3.83. The van der Waals surface area contributed by atoms with E-state index in [0.29, 0.717) is 41.8 Å². The fourth-order valence-electron chi connectivity index (χ4n) is 2.84. The Balaban J connectivity index is 1.43. The van der Waals surface area contributed by atoms with Crippen molar-refractivity contribution in [1.82, 2.24) is 4.98 Å². The quantitative estimate of drug-likeness (QED) is 0.703. The van der Waals surface area contributed by atoms with Gasteiger partial charge in [-0.2, -0.15) is 0 Å². The molecular weight excluding hydrogens is 358 g/mol. The summed E-state index contributed by atoms with van der Waals surface area (Å²) in [5, 5.41) is 6.02. The highest BCUT2D eigenvalue weighted by molar-refractivity contribution is 6.06. The van der Waals surface area contributed by atoms with Crippen LogP contribution < -0.4 is 24.8 Å². The van der Waals surface area contributed by atoms with Crippen molar-refractivity contribution in [3.63, 3.8) is 0 Å². The minimum absolute atomic E-state index is 0.258. The third-order valence-electron chi connectivity index (χ3n) is 4.19. The molecule has 0 unspecified atom stereocenters. The number of methoxy groups -OCH3 is 1. The maximum absolute atomic E-state index is 12.4. The van der Waals surface area contributed by atoms with Crippen LogP contribution in [0.3, 0.4) is 0 Å². The van der Waals surface area contributed by atoms with Crippen molar-refractivity contribution in [3.05, 3.63) is 66.4 Å². The second-order valence-corrected chi connectivity index (χ2v) is 6.07. The Labute approximate surface area is 162 Å². The Morgan fingerprint density at radius 2 is 1.79 bits per heavy atom. The van der Waals surface area contributed by atoms with E-state index in [1.165, 1.54) is 7.11 Å². The largest absolute Gasteiger partial charge is 0.496 e. The second-order valence-electron chi connectivity index (χ2n) is 6.07. The molecule has 1 aliphatic rings. The summed E-state index contributed by atoms with van der Waals surface area (Å²) in [6.45, 7) is 1.10. The van der Waals surface area contributed by atoms with Crippen molar-refractivity contribution in [2.24, 2.45) is 0 Å². The van der Waals surface area contributed by atoms with Gasteiger partial charge in [-0.25, -0.2) is 4.98 Å². The summed E-state index contributed by atoms with van der Waals surface area (Å²) >= 11 is 0. The topological polar surface area (TPSA) is 81.7 Å². The van der Waals surface area contributed by atoms with Gasteiger partial charge in [-0.05, 0) is 36.4 Å². The van der Waals surface area contributed by atoms with E-state index in [0.717, 1.165) is 11.4 Å². The minimum Gasteiger partial charge on any atom is -0.496 e. The van der Waals surface area contributed by atoms with E-state index < -0.39 is 0 Å². The van der Waals surface area contributed by atoms with Crippen molar-refractivity contribution >= 4 is 23.1 Å². The summed E-state index contributed by atoms with van der Waals surface area (Å²) < 4.78 is 16.3. The first-order valence-electron chi connectivity index (χ1n) is 8.80. The van der Waals surface area contributed by atoms with Crippen LogP contribution in [0.15, 0.2) is 60.8 Å². The number of anilines is 3. The van der Waals surface area contributed by atoms with E-state index >= 15 is 0 Å². The molecule has 0 saturated heterocycles. The van der Waals surface area contributed by atoms with Gasteiger partial charge in [0.15, 0.2) is 11.5 Å². The molecule has 1 aliphatic heterocycles. The number of rotatable bonds is 5. The lowest BCUT2D eigenvalue weighted by Crippen LogP contribution is -2.15.